The molecule has 0 saturated carbocycles. The van der Waals surface area contributed by atoms with Crippen LogP contribution in [0.15, 0.2) is 36.0 Å². The highest BCUT2D eigenvalue weighted by Crippen LogP contribution is 2.20. The fourth-order valence-electron chi connectivity index (χ4n) is 2.47. The number of imidazole rings is 1. The van der Waals surface area contributed by atoms with Gasteiger partial charge in [-0.05, 0) is 24.8 Å². The normalized spacial score (nSPS) is 10.7. The molecule has 0 saturated heterocycles. The van der Waals surface area contributed by atoms with Crippen LogP contribution in [0.5, 0.6) is 0 Å². The number of halogens is 1. The van der Waals surface area contributed by atoms with Gasteiger partial charge in [0.15, 0.2) is 5.82 Å². The largest absolute Gasteiger partial charge is 0.327 e. The highest BCUT2D eigenvalue weighted by Gasteiger charge is 2.09. The average molecular weight is 349 g/mol. The number of aryl methyl sites for hydroxylation is 2. The van der Waals surface area contributed by atoms with E-state index >= 15 is 0 Å². The van der Waals surface area contributed by atoms with Gasteiger partial charge < -0.3 is 4.57 Å². The summed E-state index contributed by atoms with van der Waals surface area (Å²) in [5.41, 5.74) is 1.74. The molecule has 0 spiro atoms. The molecule has 0 N–H and O–H groups in total. The molecule has 0 amide bonds. The number of benzene rings is 1. The zero-order valence-corrected chi connectivity index (χ0v) is 14.3. The van der Waals surface area contributed by atoms with Gasteiger partial charge in [-0.15, -0.1) is 11.3 Å². The maximum Gasteiger partial charge on any atom is 0.206 e. The van der Waals surface area contributed by atoms with Crippen LogP contribution >= 0.6 is 11.3 Å². The third kappa shape index (κ3) is 2.88. The number of nitrogens with zero attached hydrogens (tertiary/aromatic N) is 5. The molecule has 25 heavy (non-hydrogen) atoms. The maximum atomic E-state index is 14.0. The summed E-state index contributed by atoms with van der Waals surface area (Å²) in [5.74, 6) is 6.30. The topological polar surface area (TPSA) is 56.5 Å². The predicted octanol–water partition coefficient (Wildman–Crippen LogP) is 3.33. The summed E-state index contributed by atoms with van der Waals surface area (Å²) in [6.07, 6.45) is 3.61. The Morgan fingerprint density at radius 3 is 2.84 bits per heavy atom. The molecule has 5 nitrogen and oxygen atoms in total. The Bertz CT molecular complexity index is 1140. The molecule has 122 valence electrons. The molecule has 0 radical (unpaired) electrons. The number of hydrogen-bond acceptors (Lipinski definition) is 5. The SMILES string of the molecule is Cc1nc(C#Cc2nc(-c3nccs3)cn2C)nc2c(F)cccc12. The van der Waals surface area contributed by atoms with E-state index < -0.39 is 0 Å². The molecule has 0 atom stereocenters. The van der Waals surface area contributed by atoms with Gasteiger partial charge in [-0.25, -0.2) is 24.3 Å². The molecule has 1 aromatic carbocycles. The van der Waals surface area contributed by atoms with Crippen LogP contribution < -0.4 is 0 Å². The number of thiazole rings is 1. The summed E-state index contributed by atoms with van der Waals surface area (Å²) in [7, 11) is 1.86. The summed E-state index contributed by atoms with van der Waals surface area (Å²) < 4.78 is 15.8. The van der Waals surface area contributed by atoms with Crippen molar-refractivity contribution >= 4 is 22.2 Å². The first kappa shape index (κ1) is 15.4. The fraction of sp³-hybridized carbons (Fsp3) is 0.111. The quantitative estimate of drug-likeness (QED) is 0.495. The van der Waals surface area contributed by atoms with E-state index in [0.29, 0.717) is 16.9 Å². The van der Waals surface area contributed by atoms with Gasteiger partial charge in [-0.1, -0.05) is 12.1 Å². The van der Waals surface area contributed by atoms with Crippen LogP contribution in [0.3, 0.4) is 0 Å². The van der Waals surface area contributed by atoms with E-state index in [9.17, 15) is 4.39 Å². The number of hydrogen-bond donors (Lipinski definition) is 0. The third-order valence-electron chi connectivity index (χ3n) is 3.68. The van der Waals surface area contributed by atoms with Crippen LogP contribution in [0.2, 0.25) is 0 Å². The highest BCUT2D eigenvalue weighted by molar-refractivity contribution is 7.13. The van der Waals surface area contributed by atoms with Crippen molar-refractivity contribution in [2.45, 2.75) is 6.92 Å². The van der Waals surface area contributed by atoms with Crippen molar-refractivity contribution in [2.24, 2.45) is 7.05 Å². The van der Waals surface area contributed by atoms with Gasteiger partial charge in [0.1, 0.15) is 22.0 Å². The minimum Gasteiger partial charge on any atom is -0.327 e. The van der Waals surface area contributed by atoms with Gasteiger partial charge in [-0.2, -0.15) is 0 Å². The Morgan fingerprint density at radius 1 is 1.16 bits per heavy atom. The molecular weight excluding hydrogens is 337 g/mol. The van der Waals surface area contributed by atoms with E-state index in [-0.39, 0.29) is 17.2 Å². The van der Waals surface area contributed by atoms with Crippen LogP contribution in [-0.4, -0.2) is 24.5 Å². The lowest BCUT2D eigenvalue weighted by Crippen LogP contribution is -1.97. The van der Waals surface area contributed by atoms with E-state index in [1.54, 1.807) is 18.3 Å². The molecule has 7 heteroatoms. The summed E-state index contributed by atoms with van der Waals surface area (Å²) in [6.45, 7) is 1.82. The van der Waals surface area contributed by atoms with Crippen molar-refractivity contribution in [3.8, 4) is 22.5 Å². The maximum absolute atomic E-state index is 14.0. The molecule has 0 aliphatic carbocycles. The van der Waals surface area contributed by atoms with Gasteiger partial charge in [0.2, 0.25) is 5.82 Å². The molecule has 0 aliphatic rings. The van der Waals surface area contributed by atoms with Crippen molar-refractivity contribution in [2.75, 3.05) is 0 Å². The Hall–Kier alpha value is -3.11. The molecule has 3 heterocycles. The zero-order valence-electron chi connectivity index (χ0n) is 13.5. The van der Waals surface area contributed by atoms with Crippen molar-refractivity contribution in [3.05, 3.63) is 59.1 Å². The Morgan fingerprint density at radius 2 is 2.04 bits per heavy atom. The number of fused-ring (bicyclic) bond motifs is 1. The number of para-hydroxylation sites is 1. The van der Waals surface area contributed by atoms with Crippen molar-refractivity contribution in [3.63, 3.8) is 0 Å². The lowest BCUT2D eigenvalue weighted by molar-refractivity contribution is 0.636. The van der Waals surface area contributed by atoms with Gasteiger partial charge in [-0.3, -0.25) is 0 Å². The fourth-order valence-corrected chi connectivity index (χ4v) is 3.07. The first-order valence-electron chi connectivity index (χ1n) is 7.50. The smallest absolute Gasteiger partial charge is 0.206 e. The van der Waals surface area contributed by atoms with Gasteiger partial charge in [0.25, 0.3) is 0 Å². The summed E-state index contributed by atoms with van der Waals surface area (Å²) in [4.78, 5) is 17.3. The summed E-state index contributed by atoms with van der Waals surface area (Å²) >= 11 is 1.52. The average Bonchev–Trinajstić information content (AvgIpc) is 3.24. The van der Waals surface area contributed by atoms with Gasteiger partial charge in [0.05, 0.1) is 0 Å². The Balaban J connectivity index is 1.75. The molecule has 0 fully saturated rings. The monoisotopic (exact) mass is 349 g/mol. The van der Waals surface area contributed by atoms with E-state index in [1.807, 2.05) is 30.1 Å². The molecule has 4 rings (SSSR count). The summed E-state index contributed by atoms with van der Waals surface area (Å²) in [6, 6.07) is 4.82. The second-order valence-corrected chi connectivity index (χ2v) is 6.31. The molecule has 3 aromatic heterocycles. The summed E-state index contributed by atoms with van der Waals surface area (Å²) in [5, 5.41) is 3.42. The molecule has 0 bridgehead atoms. The van der Waals surface area contributed by atoms with Crippen molar-refractivity contribution in [1.29, 1.82) is 0 Å². The lowest BCUT2D eigenvalue weighted by Gasteiger charge is -2.02. The zero-order chi connectivity index (χ0) is 17.4. The third-order valence-corrected chi connectivity index (χ3v) is 4.48. The van der Waals surface area contributed by atoms with Crippen LogP contribution in [0.4, 0.5) is 4.39 Å². The van der Waals surface area contributed by atoms with Crippen LogP contribution in [0, 0.1) is 24.6 Å². The van der Waals surface area contributed by atoms with Crippen LogP contribution in [0.1, 0.15) is 17.3 Å². The first-order valence-corrected chi connectivity index (χ1v) is 8.38. The Labute approximate surface area is 147 Å². The lowest BCUT2D eigenvalue weighted by atomic mass is 10.2. The van der Waals surface area contributed by atoms with Crippen LogP contribution in [-0.2, 0) is 7.05 Å². The van der Waals surface area contributed by atoms with E-state index in [1.165, 1.54) is 17.4 Å². The predicted molar refractivity (Wildman–Crippen MR) is 94.5 cm³/mol. The standard InChI is InChI=1S/C18H12FN5S/c1-11-12-4-3-5-13(19)17(12)23-15(21-11)6-7-16-22-14(10-24(16)2)18-20-8-9-25-18/h3-5,8-10H,1-2H3. The van der Waals surface area contributed by atoms with Crippen molar-refractivity contribution < 1.29 is 4.39 Å². The minimum atomic E-state index is -0.380. The second kappa shape index (κ2) is 6.07. The van der Waals surface area contributed by atoms with Crippen molar-refractivity contribution in [1.82, 2.24) is 24.5 Å². The van der Waals surface area contributed by atoms with Crippen LogP contribution in [0.25, 0.3) is 21.6 Å². The molecule has 0 unspecified atom stereocenters. The highest BCUT2D eigenvalue weighted by atomic mass is 32.1. The second-order valence-electron chi connectivity index (χ2n) is 5.42. The number of rotatable bonds is 1. The number of aromatic nitrogens is 5. The Kier molecular flexibility index (Phi) is 3.75. The van der Waals surface area contributed by atoms with E-state index in [0.717, 1.165) is 10.7 Å². The molecule has 0 aliphatic heterocycles. The van der Waals surface area contributed by atoms with Gasteiger partial charge in [0, 0.05) is 35.9 Å². The van der Waals surface area contributed by atoms with Gasteiger partial charge >= 0.3 is 0 Å². The first-order chi connectivity index (χ1) is 12.1. The van der Waals surface area contributed by atoms with E-state index in [4.69, 9.17) is 0 Å². The molecular formula is C18H12FN5S. The molecule has 4 aromatic rings. The van der Waals surface area contributed by atoms with E-state index in [2.05, 4.69) is 31.8 Å². The minimum absolute atomic E-state index is 0.272.